The topological polar surface area (TPSA) is 87.0 Å². The van der Waals surface area contributed by atoms with E-state index in [1.807, 2.05) is 42.7 Å². The Morgan fingerprint density at radius 3 is 3.07 bits per heavy atom. The number of carbonyl (C=O) groups excluding carboxylic acids is 1. The zero-order valence-electron chi connectivity index (χ0n) is 15.3. The molecule has 0 fully saturated rings. The van der Waals surface area contributed by atoms with Crippen molar-refractivity contribution in [2.45, 2.75) is 18.5 Å². The van der Waals surface area contributed by atoms with Gasteiger partial charge in [-0.3, -0.25) is 4.79 Å². The molecule has 4 N–H and O–H groups in total. The Labute approximate surface area is 167 Å². The fraction of sp³-hybridized carbons (Fsp3) is 0.238. The molecule has 0 bridgehead atoms. The van der Waals surface area contributed by atoms with Crippen molar-refractivity contribution in [3.05, 3.63) is 71.0 Å². The summed E-state index contributed by atoms with van der Waals surface area (Å²) >= 11 is 1.59. The largest absolute Gasteiger partial charge is 0.347 e. The normalized spacial score (nSPS) is 21.5. The molecule has 142 valence electrons. The van der Waals surface area contributed by atoms with Crippen LogP contribution in [-0.4, -0.2) is 34.2 Å². The van der Waals surface area contributed by atoms with Gasteiger partial charge < -0.3 is 20.9 Å². The molecule has 3 heterocycles. The molecule has 1 amide bonds. The van der Waals surface area contributed by atoms with Crippen LogP contribution in [0.2, 0.25) is 0 Å². The van der Waals surface area contributed by atoms with Crippen LogP contribution >= 0.6 is 11.8 Å². The van der Waals surface area contributed by atoms with Gasteiger partial charge in [0.2, 0.25) is 0 Å². The van der Waals surface area contributed by atoms with E-state index in [0.717, 1.165) is 45.9 Å². The summed E-state index contributed by atoms with van der Waals surface area (Å²) in [6.07, 6.45) is 6.40. The summed E-state index contributed by atoms with van der Waals surface area (Å²) in [7, 11) is 0. The van der Waals surface area contributed by atoms with E-state index in [-0.39, 0.29) is 18.0 Å². The van der Waals surface area contributed by atoms with Crippen molar-refractivity contribution in [3.8, 4) is 0 Å². The molecule has 0 saturated heterocycles. The second kappa shape index (κ2) is 7.00. The number of rotatable bonds is 3. The first-order valence-corrected chi connectivity index (χ1v) is 10.4. The molecule has 1 aliphatic carbocycles. The number of fused-ring (bicyclic) bond motifs is 2. The maximum absolute atomic E-state index is 12.9. The summed E-state index contributed by atoms with van der Waals surface area (Å²) in [5.41, 5.74) is 10.6. The number of nitrogens with one attached hydrogen (secondary N) is 2. The first kappa shape index (κ1) is 17.3. The van der Waals surface area contributed by atoms with E-state index in [0.29, 0.717) is 0 Å². The molecule has 1 aromatic carbocycles. The quantitative estimate of drug-likeness (QED) is 0.639. The Bertz CT molecular complexity index is 1080. The lowest BCUT2D eigenvalue weighted by Crippen LogP contribution is -2.42. The number of anilines is 1. The third kappa shape index (κ3) is 2.96. The second-order valence-electron chi connectivity index (χ2n) is 7.11. The molecular formula is C21H21N5OS. The Morgan fingerprint density at radius 2 is 2.18 bits per heavy atom. The van der Waals surface area contributed by atoms with Gasteiger partial charge in [0.1, 0.15) is 5.65 Å². The van der Waals surface area contributed by atoms with Gasteiger partial charge in [0.15, 0.2) is 0 Å². The minimum Gasteiger partial charge on any atom is -0.347 e. The number of amides is 1. The number of pyridine rings is 1. The van der Waals surface area contributed by atoms with E-state index in [1.165, 1.54) is 5.56 Å². The number of nitrogens with zero attached hydrogens (tertiary/aromatic N) is 2. The van der Waals surface area contributed by atoms with Crippen LogP contribution in [-0.2, 0) is 11.2 Å². The lowest BCUT2D eigenvalue weighted by molar-refractivity contribution is -0.117. The Morgan fingerprint density at radius 1 is 1.29 bits per heavy atom. The van der Waals surface area contributed by atoms with E-state index in [4.69, 9.17) is 5.73 Å². The minimum absolute atomic E-state index is 0.0534. The van der Waals surface area contributed by atoms with Crippen LogP contribution in [0.1, 0.15) is 17.2 Å². The fourth-order valence-corrected chi connectivity index (χ4v) is 4.91. The van der Waals surface area contributed by atoms with Gasteiger partial charge in [-0.1, -0.05) is 24.3 Å². The smallest absolute Gasteiger partial charge is 0.259 e. The van der Waals surface area contributed by atoms with Crippen molar-refractivity contribution in [1.29, 1.82) is 0 Å². The van der Waals surface area contributed by atoms with Crippen LogP contribution in [0.25, 0.3) is 11.0 Å². The Hall–Kier alpha value is -2.77. The van der Waals surface area contributed by atoms with Gasteiger partial charge in [0.25, 0.3) is 5.91 Å². The van der Waals surface area contributed by atoms with E-state index in [2.05, 4.69) is 26.3 Å². The van der Waals surface area contributed by atoms with Gasteiger partial charge in [0.05, 0.1) is 22.7 Å². The number of hydrogen-bond acceptors (Lipinski definition) is 5. The van der Waals surface area contributed by atoms with Crippen LogP contribution in [0.4, 0.5) is 5.69 Å². The number of nitrogens with two attached hydrogens (primary N) is 1. The summed E-state index contributed by atoms with van der Waals surface area (Å²) in [4.78, 5) is 23.3. The monoisotopic (exact) mass is 391 g/mol. The van der Waals surface area contributed by atoms with Crippen LogP contribution in [0.5, 0.6) is 0 Å². The van der Waals surface area contributed by atoms with Crippen LogP contribution in [0.3, 0.4) is 0 Å². The summed E-state index contributed by atoms with van der Waals surface area (Å²) in [5.74, 6) is 0.798. The van der Waals surface area contributed by atoms with Crippen LogP contribution in [0, 0.1) is 0 Å². The van der Waals surface area contributed by atoms with Gasteiger partial charge in [0, 0.05) is 36.3 Å². The Balaban J connectivity index is 1.36. The summed E-state index contributed by atoms with van der Waals surface area (Å²) < 4.78 is 0. The number of thioether (sulfide) groups is 1. The lowest BCUT2D eigenvalue weighted by Gasteiger charge is -2.27. The third-order valence-electron chi connectivity index (χ3n) is 5.44. The molecular weight excluding hydrogens is 370 g/mol. The number of hydrogen-bond donors (Lipinski definition) is 3. The van der Waals surface area contributed by atoms with Gasteiger partial charge in [-0.15, -0.1) is 11.8 Å². The highest BCUT2D eigenvalue weighted by atomic mass is 32.2. The molecule has 1 aliphatic heterocycles. The van der Waals surface area contributed by atoms with Crippen molar-refractivity contribution in [2.75, 3.05) is 17.2 Å². The number of H-pyrrole nitrogens is 1. The number of carbonyl (C=O) groups is 1. The highest BCUT2D eigenvalue weighted by molar-refractivity contribution is 8.04. The molecule has 3 aromatic rings. The minimum atomic E-state index is -0.162. The van der Waals surface area contributed by atoms with E-state index >= 15 is 0 Å². The zero-order valence-corrected chi connectivity index (χ0v) is 16.1. The third-order valence-corrected chi connectivity index (χ3v) is 6.43. The van der Waals surface area contributed by atoms with Crippen molar-refractivity contribution in [2.24, 2.45) is 5.73 Å². The standard InChI is InChI=1S/C21H21N5OS/c22-19-14-4-2-1-3-13(14)11-16(19)25-21(27)18-12-26(9-10-28-18)17-6-8-24-20-15(17)5-7-23-20/h1-8,12,16,19H,9-11,22H2,(H,23,24)(H,25,27)/t16-,19+/m1/s1. The highest BCUT2D eigenvalue weighted by Crippen LogP contribution is 2.32. The second-order valence-corrected chi connectivity index (χ2v) is 8.25. The number of benzene rings is 1. The van der Waals surface area contributed by atoms with E-state index in [9.17, 15) is 4.79 Å². The van der Waals surface area contributed by atoms with Crippen molar-refractivity contribution >= 4 is 34.4 Å². The summed E-state index contributed by atoms with van der Waals surface area (Å²) in [5, 5.41) is 4.21. The molecule has 0 radical (unpaired) electrons. The van der Waals surface area contributed by atoms with Gasteiger partial charge >= 0.3 is 0 Å². The first-order chi connectivity index (χ1) is 13.7. The predicted molar refractivity (Wildman–Crippen MR) is 113 cm³/mol. The molecule has 2 aliphatic rings. The van der Waals surface area contributed by atoms with Gasteiger partial charge in [-0.2, -0.15) is 0 Å². The zero-order chi connectivity index (χ0) is 19.1. The average Bonchev–Trinajstić information content (AvgIpc) is 3.33. The molecule has 5 rings (SSSR count). The highest BCUT2D eigenvalue weighted by Gasteiger charge is 2.31. The molecule has 2 aromatic heterocycles. The summed E-state index contributed by atoms with van der Waals surface area (Å²) in [6.45, 7) is 0.847. The molecule has 28 heavy (non-hydrogen) atoms. The first-order valence-electron chi connectivity index (χ1n) is 9.38. The molecule has 0 saturated carbocycles. The Kier molecular flexibility index (Phi) is 4.33. The van der Waals surface area contributed by atoms with Crippen LogP contribution in [0.15, 0.2) is 59.9 Å². The molecule has 0 spiro atoms. The van der Waals surface area contributed by atoms with E-state index < -0.39 is 0 Å². The van der Waals surface area contributed by atoms with Crippen molar-refractivity contribution in [3.63, 3.8) is 0 Å². The van der Waals surface area contributed by atoms with Crippen molar-refractivity contribution in [1.82, 2.24) is 15.3 Å². The van der Waals surface area contributed by atoms with Gasteiger partial charge in [-0.05, 0) is 29.7 Å². The fourth-order valence-electron chi connectivity index (χ4n) is 4.01. The predicted octanol–water partition coefficient (Wildman–Crippen LogP) is 2.70. The van der Waals surface area contributed by atoms with E-state index in [1.54, 1.807) is 18.0 Å². The maximum Gasteiger partial charge on any atom is 0.259 e. The van der Waals surface area contributed by atoms with Crippen molar-refractivity contribution < 1.29 is 4.79 Å². The van der Waals surface area contributed by atoms with Crippen LogP contribution < -0.4 is 16.0 Å². The SMILES string of the molecule is N[C@H]1c2ccccc2C[C@H]1NC(=O)C1=CN(c2ccnc3[nH]ccc23)CCS1. The van der Waals surface area contributed by atoms with Gasteiger partial charge in [-0.25, -0.2) is 4.98 Å². The molecule has 0 unspecified atom stereocenters. The summed E-state index contributed by atoms with van der Waals surface area (Å²) in [6, 6.07) is 11.9. The molecule has 6 nitrogen and oxygen atoms in total. The number of aromatic amines is 1. The number of aromatic nitrogens is 2. The molecule has 7 heteroatoms. The maximum atomic E-state index is 12.9. The lowest BCUT2D eigenvalue weighted by atomic mass is 10.1. The molecule has 2 atom stereocenters. The average molecular weight is 392 g/mol.